The van der Waals surface area contributed by atoms with Gasteiger partial charge in [0.15, 0.2) is 6.61 Å². The van der Waals surface area contributed by atoms with Gasteiger partial charge < -0.3 is 14.8 Å². The Morgan fingerprint density at radius 3 is 2.64 bits per heavy atom. The summed E-state index contributed by atoms with van der Waals surface area (Å²) in [6.07, 6.45) is 0.742. The van der Waals surface area contributed by atoms with Gasteiger partial charge in [0, 0.05) is 6.04 Å². The summed E-state index contributed by atoms with van der Waals surface area (Å²) in [5, 5.41) is 4.65. The van der Waals surface area contributed by atoms with Crippen molar-refractivity contribution in [3.8, 4) is 5.75 Å². The molecule has 0 spiro atoms. The largest absolute Gasteiger partial charge is 0.497 e. The van der Waals surface area contributed by atoms with Gasteiger partial charge in [-0.3, -0.25) is 10.1 Å². The predicted octanol–water partition coefficient (Wildman–Crippen LogP) is 1.48. The molecule has 0 radical (unpaired) electrons. The van der Waals surface area contributed by atoms with Crippen LogP contribution in [0, 0.1) is 0 Å². The minimum Gasteiger partial charge on any atom is -0.497 e. The molecule has 0 saturated heterocycles. The van der Waals surface area contributed by atoms with E-state index >= 15 is 0 Å². The Kier molecular flexibility index (Phi) is 6.88. The Bertz CT molecular complexity index is 544. The van der Waals surface area contributed by atoms with E-state index in [1.165, 1.54) is 13.2 Å². The number of methoxy groups -OCH3 is 1. The van der Waals surface area contributed by atoms with Crippen molar-refractivity contribution in [3.05, 3.63) is 29.8 Å². The maximum Gasteiger partial charge on any atom is 0.338 e. The number of esters is 1. The van der Waals surface area contributed by atoms with E-state index < -0.39 is 24.5 Å². The van der Waals surface area contributed by atoms with E-state index in [4.69, 9.17) is 9.47 Å². The van der Waals surface area contributed by atoms with Gasteiger partial charge in [0.2, 0.25) is 0 Å². The van der Waals surface area contributed by atoms with Crippen LogP contribution in [0.2, 0.25) is 0 Å². The molecule has 0 aromatic heterocycles. The Morgan fingerprint density at radius 1 is 1.27 bits per heavy atom. The summed E-state index contributed by atoms with van der Waals surface area (Å²) in [7, 11) is 1.48. The highest BCUT2D eigenvalue weighted by atomic mass is 16.5. The number of carbonyl (C=O) groups is 3. The lowest BCUT2D eigenvalue weighted by molar-refractivity contribution is -0.123. The fourth-order valence-corrected chi connectivity index (χ4v) is 1.49. The molecule has 0 bridgehead atoms. The molecule has 120 valence electrons. The Morgan fingerprint density at radius 2 is 2.00 bits per heavy atom. The zero-order valence-electron chi connectivity index (χ0n) is 12.8. The van der Waals surface area contributed by atoms with Crippen molar-refractivity contribution >= 4 is 17.9 Å². The summed E-state index contributed by atoms with van der Waals surface area (Å²) in [4.78, 5) is 34.7. The van der Waals surface area contributed by atoms with Gasteiger partial charge in [-0.25, -0.2) is 9.59 Å². The molecule has 0 heterocycles. The summed E-state index contributed by atoms with van der Waals surface area (Å²) in [5.74, 6) is -0.861. The number of hydrogen-bond acceptors (Lipinski definition) is 5. The molecular weight excluding hydrogens is 288 g/mol. The second kappa shape index (κ2) is 8.66. The number of imide groups is 1. The van der Waals surface area contributed by atoms with Crippen molar-refractivity contribution in [2.75, 3.05) is 13.7 Å². The highest BCUT2D eigenvalue weighted by Crippen LogP contribution is 2.13. The topological polar surface area (TPSA) is 93.7 Å². The van der Waals surface area contributed by atoms with Gasteiger partial charge in [-0.15, -0.1) is 0 Å². The van der Waals surface area contributed by atoms with Gasteiger partial charge in [0.1, 0.15) is 5.75 Å². The van der Waals surface area contributed by atoms with Crippen LogP contribution in [0.5, 0.6) is 5.75 Å². The molecule has 0 unspecified atom stereocenters. The van der Waals surface area contributed by atoms with Crippen molar-refractivity contribution < 1.29 is 23.9 Å². The van der Waals surface area contributed by atoms with Crippen molar-refractivity contribution in [1.82, 2.24) is 10.6 Å². The van der Waals surface area contributed by atoms with Crippen LogP contribution in [0.3, 0.4) is 0 Å². The molecule has 0 aliphatic carbocycles. The van der Waals surface area contributed by atoms with Crippen LogP contribution < -0.4 is 15.4 Å². The minimum absolute atomic E-state index is 0.0490. The number of urea groups is 1. The number of nitrogens with one attached hydrogen (secondary N) is 2. The average Bonchev–Trinajstić information content (AvgIpc) is 2.52. The molecule has 2 N–H and O–H groups in total. The summed E-state index contributed by atoms with van der Waals surface area (Å²) >= 11 is 0. The van der Waals surface area contributed by atoms with E-state index in [0.717, 1.165) is 6.42 Å². The van der Waals surface area contributed by atoms with Gasteiger partial charge in [-0.05, 0) is 31.5 Å². The third kappa shape index (κ3) is 5.82. The van der Waals surface area contributed by atoms with E-state index in [2.05, 4.69) is 10.6 Å². The Balaban J connectivity index is 2.43. The lowest BCUT2D eigenvalue weighted by Crippen LogP contribution is -2.44. The SMILES string of the molecule is CC[C@H](C)NC(=O)NC(=O)COC(=O)c1cccc(OC)c1. The van der Waals surface area contributed by atoms with Crippen molar-refractivity contribution in [3.63, 3.8) is 0 Å². The van der Waals surface area contributed by atoms with Crippen molar-refractivity contribution in [1.29, 1.82) is 0 Å². The molecule has 7 heteroatoms. The van der Waals surface area contributed by atoms with Crippen LogP contribution in [0.4, 0.5) is 4.79 Å². The maximum atomic E-state index is 11.8. The summed E-state index contributed by atoms with van der Waals surface area (Å²) in [6, 6.07) is 5.69. The lowest BCUT2D eigenvalue weighted by Gasteiger charge is -2.11. The van der Waals surface area contributed by atoms with E-state index in [9.17, 15) is 14.4 Å². The van der Waals surface area contributed by atoms with Gasteiger partial charge in [-0.2, -0.15) is 0 Å². The zero-order valence-corrected chi connectivity index (χ0v) is 12.8. The van der Waals surface area contributed by atoms with Gasteiger partial charge in [0.05, 0.1) is 12.7 Å². The first-order valence-electron chi connectivity index (χ1n) is 6.87. The van der Waals surface area contributed by atoms with Crippen LogP contribution in [-0.2, 0) is 9.53 Å². The standard InChI is InChI=1S/C15H20N2O5/c1-4-10(2)16-15(20)17-13(18)9-22-14(19)11-6-5-7-12(8-11)21-3/h5-8,10H,4,9H2,1-3H3,(H2,16,17,18,20)/t10-/m0/s1. The number of carbonyl (C=O) groups excluding carboxylic acids is 3. The van der Waals surface area contributed by atoms with Gasteiger partial charge in [-0.1, -0.05) is 13.0 Å². The first kappa shape index (κ1) is 17.5. The molecule has 7 nitrogen and oxygen atoms in total. The van der Waals surface area contributed by atoms with Crippen LogP contribution in [0.1, 0.15) is 30.6 Å². The number of benzene rings is 1. The number of rotatable bonds is 6. The smallest absolute Gasteiger partial charge is 0.338 e. The molecule has 0 saturated carbocycles. The summed E-state index contributed by atoms with van der Waals surface area (Å²) in [6.45, 7) is 3.18. The fourth-order valence-electron chi connectivity index (χ4n) is 1.49. The molecule has 0 fully saturated rings. The van der Waals surface area contributed by atoms with Gasteiger partial charge in [0.25, 0.3) is 5.91 Å². The molecular formula is C15H20N2O5. The van der Waals surface area contributed by atoms with Gasteiger partial charge >= 0.3 is 12.0 Å². The molecule has 1 rings (SSSR count). The van der Waals surface area contributed by atoms with E-state index in [0.29, 0.717) is 5.75 Å². The average molecular weight is 308 g/mol. The van der Waals surface area contributed by atoms with E-state index in [1.54, 1.807) is 18.2 Å². The molecule has 1 aromatic carbocycles. The van der Waals surface area contributed by atoms with Crippen molar-refractivity contribution in [2.24, 2.45) is 0 Å². The molecule has 0 aliphatic heterocycles. The summed E-state index contributed by atoms with van der Waals surface area (Å²) < 4.78 is 9.83. The highest BCUT2D eigenvalue weighted by molar-refractivity contribution is 5.97. The van der Waals surface area contributed by atoms with Crippen LogP contribution in [0.25, 0.3) is 0 Å². The number of ether oxygens (including phenoxy) is 2. The number of hydrogen-bond donors (Lipinski definition) is 2. The van der Waals surface area contributed by atoms with Crippen LogP contribution >= 0.6 is 0 Å². The fraction of sp³-hybridized carbons (Fsp3) is 0.400. The second-order valence-electron chi connectivity index (χ2n) is 4.64. The zero-order chi connectivity index (χ0) is 16.5. The molecule has 3 amide bonds. The third-order valence-electron chi connectivity index (χ3n) is 2.88. The number of amides is 3. The van der Waals surface area contributed by atoms with E-state index in [1.807, 2.05) is 13.8 Å². The summed E-state index contributed by atoms with van der Waals surface area (Å²) in [5.41, 5.74) is 0.260. The molecule has 1 aromatic rings. The normalized spacial score (nSPS) is 11.2. The monoisotopic (exact) mass is 308 g/mol. The first-order valence-corrected chi connectivity index (χ1v) is 6.87. The Labute approximate surface area is 129 Å². The molecule has 0 aliphatic rings. The van der Waals surface area contributed by atoms with E-state index in [-0.39, 0.29) is 11.6 Å². The third-order valence-corrected chi connectivity index (χ3v) is 2.88. The quantitative estimate of drug-likeness (QED) is 0.776. The van der Waals surface area contributed by atoms with Crippen molar-refractivity contribution in [2.45, 2.75) is 26.3 Å². The highest BCUT2D eigenvalue weighted by Gasteiger charge is 2.13. The van der Waals surface area contributed by atoms with Crippen LogP contribution in [-0.4, -0.2) is 37.7 Å². The Hall–Kier alpha value is -2.57. The lowest BCUT2D eigenvalue weighted by atomic mass is 10.2. The van der Waals surface area contributed by atoms with Crippen LogP contribution in [0.15, 0.2) is 24.3 Å². The predicted molar refractivity (Wildman–Crippen MR) is 79.7 cm³/mol. The maximum absolute atomic E-state index is 11.8. The first-order chi connectivity index (χ1) is 10.5. The second-order valence-corrected chi connectivity index (χ2v) is 4.64. The molecule has 22 heavy (non-hydrogen) atoms. The minimum atomic E-state index is -0.697. The molecule has 1 atom stereocenters.